The summed E-state index contributed by atoms with van der Waals surface area (Å²) in [7, 11) is 0. The van der Waals surface area contributed by atoms with Gasteiger partial charge in [-0.25, -0.2) is 0 Å². The second-order valence-electron chi connectivity index (χ2n) is 3.30. The number of allylic oxidation sites excluding steroid dienone is 1. The third kappa shape index (κ3) is 2.91. The molecule has 80 valence electrons. The van der Waals surface area contributed by atoms with Crippen molar-refractivity contribution in [2.45, 2.75) is 6.29 Å². The molecule has 2 nitrogen and oxygen atoms in total. The summed E-state index contributed by atoms with van der Waals surface area (Å²) in [6.07, 6.45) is 3.98. The van der Waals surface area contributed by atoms with Gasteiger partial charge in [-0.3, -0.25) is 0 Å². The van der Waals surface area contributed by atoms with Crippen molar-refractivity contribution < 1.29 is 9.47 Å². The first-order chi connectivity index (χ1) is 7.40. The molecule has 0 spiro atoms. The molecular formula is C12H13BrO2. The first kappa shape index (κ1) is 10.9. The minimum atomic E-state index is -0.167. The Labute approximate surface area is 98.0 Å². The molecule has 15 heavy (non-hydrogen) atoms. The van der Waals surface area contributed by atoms with E-state index < -0.39 is 0 Å². The van der Waals surface area contributed by atoms with E-state index >= 15 is 0 Å². The molecule has 2 rings (SSSR count). The highest BCUT2D eigenvalue weighted by Gasteiger charge is 2.17. The molecule has 1 aliphatic heterocycles. The minimum absolute atomic E-state index is 0.167. The number of rotatable bonds is 3. The lowest BCUT2D eigenvalue weighted by Crippen LogP contribution is -1.97. The van der Waals surface area contributed by atoms with Crippen molar-refractivity contribution in [1.82, 2.24) is 0 Å². The maximum Gasteiger partial charge on any atom is 0.184 e. The van der Waals surface area contributed by atoms with Gasteiger partial charge in [-0.15, -0.1) is 0 Å². The van der Waals surface area contributed by atoms with Gasteiger partial charge in [0.25, 0.3) is 0 Å². The standard InChI is InChI=1S/C12H13BrO2/c13-7-1-2-10-3-5-11(6-4-10)12-14-8-9-15-12/h1-6,12H,7-9H2. The van der Waals surface area contributed by atoms with Gasteiger partial charge in [0.15, 0.2) is 6.29 Å². The second kappa shape index (κ2) is 5.45. The zero-order chi connectivity index (χ0) is 10.5. The van der Waals surface area contributed by atoms with Gasteiger partial charge in [-0.1, -0.05) is 52.3 Å². The normalized spacial score (nSPS) is 17.7. The maximum absolute atomic E-state index is 5.41. The highest BCUT2D eigenvalue weighted by Crippen LogP contribution is 2.23. The van der Waals surface area contributed by atoms with Crippen molar-refractivity contribution in [2.24, 2.45) is 0 Å². The molecule has 3 heteroatoms. The van der Waals surface area contributed by atoms with Crippen molar-refractivity contribution in [3.8, 4) is 0 Å². The van der Waals surface area contributed by atoms with E-state index in [2.05, 4.69) is 40.2 Å². The SMILES string of the molecule is BrCC=Cc1ccc(C2OCCO2)cc1. The molecule has 0 atom stereocenters. The molecule has 1 aromatic carbocycles. The number of hydrogen-bond acceptors (Lipinski definition) is 2. The van der Waals surface area contributed by atoms with Crippen molar-refractivity contribution in [1.29, 1.82) is 0 Å². The van der Waals surface area contributed by atoms with Crippen molar-refractivity contribution >= 4 is 22.0 Å². The number of hydrogen-bond donors (Lipinski definition) is 0. The van der Waals surface area contributed by atoms with E-state index in [4.69, 9.17) is 9.47 Å². The van der Waals surface area contributed by atoms with E-state index in [0.717, 1.165) is 10.9 Å². The van der Waals surface area contributed by atoms with Gasteiger partial charge in [0, 0.05) is 10.9 Å². The van der Waals surface area contributed by atoms with Crippen LogP contribution in [0.15, 0.2) is 30.3 Å². The van der Waals surface area contributed by atoms with Crippen LogP contribution in [0, 0.1) is 0 Å². The van der Waals surface area contributed by atoms with E-state index in [-0.39, 0.29) is 6.29 Å². The Morgan fingerprint density at radius 1 is 1.20 bits per heavy atom. The predicted octanol–water partition coefficient (Wildman–Crippen LogP) is 3.14. The van der Waals surface area contributed by atoms with Crippen LogP contribution >= 0.6 is 15.9 Å². The molecule has 1 saturated heterocycles. The Kier molecular flexibility index (Phi) is 3.94. The molecule has 0 unspecified atom stereocenters. The highest BCUT2D eigenvalue weighted by atomic mass is 79.9. The summed E-state index contributed by atoms with van der Waals surface area (Å²) >= 11 is 3.35. The van der Waals surface area contributed by atoms with E-state index in [9.17, 15) is 0 Å². The fourth-order valence-electron chi connectivity index (χ4n) is 1.50. The lowest BCUT2D eigenvalue weighted by Gasteiger charge is -2.08. The van der Waals surface area contributed by atoms with Crippen LogP contribution in [-0.4, -0.2) is 18.5 Å². The zero-order valence-electron chi connectivity index (χ0n) is 8.36. The first-order valence-corrected chi connectivity index (χ1v) is 6.08. The number of halogens is 1. The maximum atomic E-state index is 5.41. The van der Waals surface area contributed by atoms with Gasteiger partial charge in [0.05, 0.1) is 13.2 Å². The van der Waals surface area contributed by atoms with E-state index in [1.165, 1.54) is 5.56 Å². The lowest BCUT2D eigenvalue weighted by atomic mass is 10.1. The average molecular weight is 269 g/mol. The van der Waals surface area contributed by atoms with Crippen molar-refractivity contribution in [3.63, 3.8) is 0 Å². The molecule has 0 radical (unpaired) electrons. The number of benzene rings is 1. The van der Waals surface area contributed by atoms with E-state index in [1.807, 2.05) is 12.1 Å². The van der Waals surface area contributed by atoms with Crippen LogP contribution in [0.2, 0.25) is 0 Å². The third-order valence-electron chi connectivity index (χ3n) is 2.23. The van der Waals surface area contributed by atoms with Gasteiger partial charge < -0.3 is 9.47 Å². The second-order valence-corrected chi connectivity index (χ2v) is 3.94. The largest absolute Gasteiger partial charge is 0.346 e. The average Bonchev–Trinajstić information content (AvgIpc) is 2.80. The monoisotopic (exact) mass is 268 g/mol. The Balaban J connectivity index is 2.06. The number of alkyl halides is 1. The van der Waals surface area contributed by atoms with Crippen LogP contribution in [-0.2, 0) is 9.47 Å². The third-order valence-corrected chi connectivity index (χ3v) is 2.60. The molecule has 0 aromatic heterocycles. The minimum Gasteiger partial charge on any atom is -0.346 e. The Hall–Kier alpha value is -0.640. The first-order valence-electron chi connectivity index (χ1n) is 4.96. The predicted molar refractivity (Wildman–Crippen MR) is 63.9 cm³/mol. The van der Waals surface area contributed by atoms with Crippen molar-refractivity contribution in [2.75, 3.05) is 18.5 Å². The highest BCUT2D eigenvalue weighted by molar-refractivity contribution is 9.09. The van der Waals surface area contributed by atoms with Gasteiger partial charge >= 0.3 is 0 Å². The molecular weight excluding hydrogens is 256 g/mol. The summed E-state index contributed by atoms with van der Waals surface area (Å²) in [5.74, 6) is 0. The smallest absolute Gasteiger partial charge is 0.184 e. The molecule has 0 N–H and O–H groups in total. The number of ether oxygens (including phenoxy) is 2. The lowest BCUT2D eigenvalue weighted by molar-refractivity contribution is -0.0441. The molecule has 1 aromatic rings. The topological polar surface area (TPSA) is 18.5 Å². The van der Waals surface area contributed by atoms with Gasteiger partial charge in [-0.2, -0.15) is 0 Å². The molecule has 1 heterocycles. The van der Waals surface area contributed by atoms with Crippen LogP contribution < -0.4 is 0 Å². The van der Waals surface area contributed by atoms with Crippen LogP contribution in [0.5, 0.6) is 0 Å². The summed E-state index contributed by atoms with van der Waals surface area (Å²) in [6, 6.07) is 8.23. The quantitative estimate of drug-likeness (QED) is 0.785. The fourth-order valence-corrected chi connectivity index (χ4v) is 1.68. The fraction of sp³-hybridized carbons (Fsp3) is 0.333. The van der Waals surface area contributed by atoms with Crippen LogP contribution in [0.1, 0.15) is 17.4 Å². The molecule has 0 bridgehead atoms. The molecule has 1 fully saturated rings. The molecule has 0 amide bonds. The summed E-state index contributed by atoms with van der Waals surface area (Å²) in [6.45, 7) is 1.38. The van der Waals surface area contributed by atoms with E-state index in [0.29, 0.717) is 13.2 Å². The van der Waals surface area contributed by atoms with E-state index in [1.54, 1.807) is 0 Å². The van der Waals surface area contributed by atoms with Crippen LogP contribution in [0.25, 0.3) is 6.08 Å². The van der Waals surface area contributed by atoms with Gasteiger partial charge in [0.1, 0.15) is 0 Å². The summed E-state index contributed by atoms with van der Waals surface area (Å²) in [4.78, 5) is 0. The Bertz CT molecular complexity index is 326. The summed E-state index contributed by atoms with van der Waals surface area (Å²) in [5, 5.41) is 0.879. The zero-order valence-corrected chi connectivity index (χ0v) is 9.94. The van der Waals surface area contributed by atoms with Crippen LogP contribution in [0.4, 0.5) is 0 Å². The summed E-state index contributed by atoms with van der Waals surface area (Å²) < 4.78 is 10.8. The molecule has 0 saturated carbocycles. The van der Waals surface area contributed by atoms with Gasteiger partial charge in [0.2, 0.25) is 0 Å². The van der Waals surface area contributed by atoms with Crippen molar-refractivity contribution in [3.05, 3.63) is 41.5 Å². The Morgan fingerprint density at radius 3 is 2.47 bits per heavy atom. The Morgan fingerprint density at radius 2 is 1.87 bits per heavy atom. The van der Waals surface area contributed by atoms with Crippen LogP contribution in [0.3, 0.4) is 0 Å². The summed E-state index contributed by atoms with van der Waals surface area (Å²) in [5.41, 5.74) is 2.28. The molecule has 1 aliphatic rings. The molecule has 0 aliphatic carbocycles. The van der Waals surface area contributed by atoms with Gasteiger partial charge in [-0.05, 0) is 5.56 Å².